The highest BCUT2D eigenvalue weighted by Gasteiger charge is 2.22. The maximum absolute atomic E-state index is 13.6. The molecule has 1 amide bonds. The predicted molar refractivity (Wildman–Crippen MR) is 91.4 cm³/mol. The van der Waals surface area contributed by atoms with Gasteiger partial charge in [0.05, 0.1) is 5.56 Å². The number of nitrogens with one attached hydrogen (secondary N) is 1. The van der Waals surface area contributed by atoms with Crippen molar-refractivity contribution in [1.82, 2.24) is 20.4 Å². The van der Waals surface area contributed by atoms with Crippen molar-refractivity contribution in [2.75, 3.05) is 25.4 Å². The number of hydrogen-bond donors (Lipinski definition) is 2. The molecule has 1 fully saturated rings. The zero-order valence-electron chi connectivity index (χ0n) is 13.2. The Morgan fingerprint density at radius 2 is 2.08 bits per heavy atom. The van der Waals surface area contributed by atoms with Gasteiger partial charge >= 0.3 is 0 Å². The zero-order chi connectivity index (χ0) is 16.9. The molecule has 3 N–H and O–H groups in total. The molecule has 3 rings (SSSR count). The van der Waals surface area contributed by atoms with Gasteiger partial charge in [0.15, 0.2) is 0 Å². The van der Waals surface area contributed by atoms with Gasteiger partial charge < -0.3 is 16.0 Å². The van der Waals surface area contributed by atoms with E-state index in [4.69, 9.17) is 5.73 Å². The van der Waals surface area contributed by atoms with E-state index in [0.29, 0.717) is 5.13 Å². The molecule has 128 valence electrons. The lowest BCUT2D eigenvalue weighted by Gasteiger charge is -2.32. The average Bonchev–Trinajstić information content (AvgIpc) is 3.00. The molecular weight excluding hydrogens is 329 g/mol. The molecule has 2 aromatic rings. The quantitative estimate of drug-likeness (QED) is 0.858. The number of aromatic nitrogens is 2. The molecule has 2 heterocycles. The Balaban J connectivity index is 1.43. The van der Waals surface area contributed by atoms with Gasteiger partial charge in [0.2, 0.25) is 5.13 Å². The van der Waals surface area contributed by atoms with Crippen molar-refractivity contribution in [3.63, 3.8) is 0 Å². The second-order valence-electron chi connectivity index (χ2n) is 5.85. The van der Waals surface area contributed by atoms with Gasteiger partial charge in [0.25, 0.3) is 5.91 Å². The lowest BCUT2D eigenvalue weighted by atomic mass is 10.0. The number of rotatable bonds is 5. The molecular formula is C16H20FN5OS. The largest absolute Gasteiger partial charge is 0.374 e. The topological polar surface area (TPSA) is 84.1 Å². The molecule has 6 nitrogen and oxygen atoms in total. The molecule has 8 heteroatoms. The fraction of sp³-hybridized carbons (Fsp3) is 0.438. The molecule has 1 saturated heterocycles. The third kappa shape index (κ3) is 4.27. The van der Waals surface area contributed by atoms with Crippen molar-refractivity contribution in [3.05, 3.63) is 40.7 Å². The molecule has 0 unspecified atom stereocenters. The summed E-state index contributed by atoms with van der Waals surface area (Å²) in [6, 6.07) is 6.15. The van der Waals surface area contributed by atoms with Crippen LogP contribution in [0.2, 0.25) is 0 Å². The number of hydrogen-bond acceptors (Lipinski definition) is 6. The van der Waals surface area contributed by atoms with Gasteiger partial charge in [-0.25, -0.2) is 4.39 Å². The number of likely N-dealkylation sites (tertiary alicyclic amines) is 1. The average molecular weight is 349 g/mol. The molecule has 1 aliphatic rings. The molecule has 0 atom stereocenters. The Kier molecular flexibility index (Phi) is 5.37. The van der Waals surface area contributed by atoms with E-state index in [9.17, 15) is 9.18 Å². The highest BCUT2D eigenvalue weighted by molar-refractivity contribution is 7.15. The van der Waals surface area contributed by atoms with Gasteiger partial charge in [0, 0.05) is 32.1 Å². The van der Waals surface area contributed by atoms with Crippen LogP contribution in [-0.4, -0.2) is 46.7 Å². The first kappa shape index (κ1) is 16.8. The SMILES string of the molecule is Nc1nnc(CCN2CCC(NC(=O)c3ccccc3F)CC2)s1. The van der Waals surface area contributed by atoms with Gasteiger partial charge in [-0.05, 0) is 25.0 Å². The highest BCUT2D eigenvalue weighted by atomic mass is 32.1. The Labute approximate surface area is 143 Å². The third-order valence-electron chi connectivity index (χ3n) is 4.17. The summed E-state index contributed by atoms with van der Waals surface area (Å²) < 4.78 is 13.6. The first-order chi connectivity index (χ1) is 11.6. The third-order valence-corrected chi connectivity index (χ3v) is 4.98. The number of piperidine rings is 1. The number of nitrogens with zero attached hydrogens (tertiary/aromatic N) is 3. The summed E-state index contributed by atoms with van der Waals surface area (Å²) >= 11 is 1.42. The molecule has 1 aliphatic heterocycles. The van der Waals surface area contributed by atoms with Crippen molar-refractivity contribution in [1.29, 1.82) is 0 Å². The van der Waals surface area contributed by atoms with Crippen LogP contribution in [0, 0.1) is 5.82 Å². The van der Waals surface area contributed by atoms with Crippen LogP contribution < -0.4 is 11.1 Å². The molecule has 1 aromatic heterocycles. The Morgan fingerprint density at radius 1 is 1.33 bits per heavy atom. The van der Waals surface area contributed by atoms with Crippen molar-refractivity contribution >= 4 is 22.4 Å². The van der Waals surface area contributed by atoms with Crippen LogP contribution in [0.25, 0.3) is 0 Å². The summed E-state index contributed by atoms with van der Waals surface area (Å²) in [6.07, 6.45) is 2.55. The van der Waals surface area contributed by atoms with Crippen LogP contribution in [0.15, 0.2) is 24.3 Å². The van der Waals surface area contributed by atoms with Crippen LogP contribution in [0.1, 0.15) is 28.2 Å². The standard InChI is InChI=1S/C16H20FN5OS/c17-13-4-2-1-3-12(13)15(23)19-11-5-8-22(9-6-11)10-7-14-20-21-16(18)24-14/h1-4,11H,5-10H2,(H2,18,21)(H,19,23). The second kappa shape index (κ2) is 7.67. The molecule has 24 heavy (non-hydrogen) atoms. The number of anilines is 1. The van der Waals surface area contributed by atoms with E-state index in [2.05, 4.69) is 20.4 Å². The maximum Gasteiger partial charge on any atom is 0.254 e. The molecule has 0 saturated carbocycles. The van der Waals surface area contributed by atoms with Gasteiger partial charge in [-0.3, -0.25) is 4.79 Å². The van der Waals surface area contributed by atoms with E-state index >= 15 is 0 Å². The Hall–Kier alpha value is -2.06. The molecule has 0 spiro atoms. The van der Waals surface area contributed by atoms with Gasteiger partial charge in [-0.1, -0.05) is 23.5 Å². The van der Waals surface area contributed by atoms with E-state index < -0.39 is 5.82 Å². The normalized spacial score (nSPS) is 16.2. The minimum Gasteiger partial charge on any atom is -0.374 e. The van der Waals surface area contributed by atoms with E-state index in [-0.39, 0.29) is 17.5 Å². The zero-order valence-corrected chi connectivity index (χ0v) is 14.1. The number of nitrogens with two attached hydrogens (primary N) is 1. The van der Waals surface area contributed by atoms with Crippen LogP contribution in [0.3, 0.4) is 0 Å². The highest BCUT2D eigenvalue weighted by Crippen LogP contribution is 2.15. The van der Waals surface area contributed by atoms with E-state index in [0.717, 1.165) is 43.9 Å². The fourth-order valence-corrected chi connectivity index (χ4v) is 3.43. The first-order valence-corrected chi connectivity index (χ1v) is 8.79. The number of benzene rings is 1. The summed E-state index contributed by atoms with van der Waals surface area (Å²) in [5, 5.41) is 12.2. The molecule has 0 bridgehead atoms. The first-order valence-electron chi connectivity index (χ1n) is 7.97. The van der Waals surface area contributed by atoms with Gasteiger partial charge in [-0.15, -0.1) is 10.2 Å². The summed E-state index contributed by atoms with van der Waals surface area (Å²) in [5.74, 6) is -0.820. The fourth-order valence-electron chi connectivity index (χ4n) is 2.83. The van der Waals surface area contributed by atoms with E-state index in [1.54, 1.807) is 12.1 Å². The van der Waals surface area contributed by atoms with Gasteiger partial charge in [-0.2, -0.15) is 0 Å². The smallest absolute Gasteiger partial charge is 0.254 e. The monoisotopic (exact) mass is 349 g/mol. The molecule has 0 radical (unpaired) electrons. The lowest BCUT2D eigenvalue weighted by Crippen LogP contribution is -2.45. The minimum atomic E-state index is -0.483. The van der Waals surface area contributed by atoms with Crippen LogP contribution in [0.5, 0.6) is 0 Å². The number of amides is 1. The summed E-state index contributed by atoms with van der Waals surface area (Å²) in [5.41, 5.74) is 5.68. The van der Waals surface area contributed by atoms with Gasteiger partial charge in [0.1, 0.15) is 10.8 Å². The van der Waals surface area contributed by atoms with Crippen molar-refractivity contribution in [3.8, 4) is 0 Å². The van der Waals surface area contributed by atoms with Crippen molar-refractivity contribution < 1.29 is 9.18 Å². The summed E-state index contributed by atoms with van der Waals surface area (Å²) in [4.78, 5) is 14.5. The Bertz CT molecular complexity index is 699. The van der Waals surface area contributed by atoms with Crippen LogP contribution in [0.4, 0.5) is 9.52 Å². The molecule has 0 aliphatic carbocycles. The molecule has 1 aromatic carbocycles. The van der Waals surface area contributed by atoms with Crippen LogP contribution >= 0.6 is 11.3 Å². The number of carbonyl (C=O) groups is 1. The predicted octanol–water partition coefficient (Wildman–Crippen LogP) is 1.70. The van der Waals surface area contributed by atoms with E-state index in [1.165, 1.54) is 23.5 Å². The van der Waals surface area contributed by atoms with Crippen molar-refractivity contribution in [2.24, 2.45) is 0 Å². The Morgan fingerprint density at radius 3 is 2.75 bits per heavy atom. The van der Waals surface area contributed by atoms with Crippen molar-refractivity contribution in [2.45, 2.75) is 25.3 Å². The number of carbonyl (C=O) groups excluding carboxylic acids is 1. The minimum absolute atomic E-state index is 0.0885. The summed E-state index contributed by atoms with van der Waals surface area (Å²) in [7, 11) is 0. The van der Waals surface area contributed by atoms with E-state index in [1.807, 2.05) is 0 Å². The lowest BCUT2D eigenvalue weighted by molar-refractivity contribution is 0.0907. The number of nitrogen functional groups attached to an aromatic ring is 1. The second-order valence-corrected chi connectivity index (χ2v) is 6.95. The number of halogens is 1. The van der Waals surface area contributed by atoms with Crippen LogP contribution in [-0.2, 0) is 6.42 Å². The maximum atomic E-state index is 13.6. The summed E-state index contributed by atoms with van der Waals surface area (Å²) in [6.45, 7) is 2.70.